The third-order valence-electron chi connectivity index (χ3n) is 3.53. The molecule has 0 spiro atoms. The molecule has 0 radical (unpaired) electrons. The zero-order valence-electron chi connectivity index (χ0n) is 12.7. The van der Waals surface area contributed by atoms with E-state index in [0.29, 0.717) is 4.34 Å². The second-order valence-electron chi connectivity index (χ2n) is 5.78. The molecule has 0 aliphatic heterocycles. The maximum atomic E-state index is 12.9. The quantitative estimate of drug-likeness (QED) is 0.828. The van der Waals surface area contributed by atoms with Crippen LogP contribution in [-0.4, -0.2) is 25.1 Å². The monoisotopic (exact) mass is 310 g/mol. The Morgan fingerprint density at radius 2 is 2.00 bits per heavy atom. The Bertz CT molecular complexity index is 586. The van der Waals surface area contributed by atoms with E-state index >= 15 is 0 Å². The van der Waals surface area contributed by atoms with E-state index in [-0.39, 0.29) is 11.6 Å². The second-order valence-corrected chi connectivity index (χ2v) is 8.35. The van der Waals surface area contributed by atoms with Gasteiger partial charge in [0, 0.05) is 11.6 Å². The van der Waals surface area contributed by atoms with Gasteiger partial charge in [0.15, 0.2) is 15.3 Å². The van der Waals surface area contributed by atoms with Crippen molar-refractivity contribution in [2.75, 3.05) is 0 Å². The zero-order valence-corrected chi connectivity index (χ0v) is 14.3. The molecule has 0 bridgehead atoms. The summed E-state index contributed by atoms with van der Waals surface area (Å²) in [5, 5.41) is 0. The molecule has 1 unspecified atom stereocenters. The van der Waals surface area contributed by atoms with Crippen LogP contribution >= 0.6 is 11.3 Å². The Labute approximate surface area is 127 Å². The molecular weight excluding hydrogens is 288 g/mol. The van der Waals surface area contributed by atoms with E-state index in [1.807, 2.05) is 24.3 Å². The van der Waals surface area contributed by atoms with E-state index in [1.54, 1.807) is 0 Å². The molecule has 1 aromatic heterocycles. The van der Waals surface area contributed by atoms with Crippen molar-refractivity contribution in [3.63, 3.8) is 0 Å². The number of hydrogen-bond donors (Lipinski definition) is 0. The molecule has 20 heavy (non-hydrogen) atoms. The Morgan fingerprint density at radius 1 is 1.35 bits per heavy atom. The van der Waals surface area contributed by atoms with Gasteiger partial charge in [-0.1, -0.05) is 19.1 Å². The highest BCUT2D eigenvalue weighted by Gasteiger charge is 2.33. The summed E-state index contributed by atoms with van der Waals surface area (Å²) >= 11 is 1.52. The van der Waals surface area contributed by atoms with E-state index in [2.05, 4.69) is 43.9 Å². The molecule has 0 aliphatic rings. The first kappa shape index (κ1) is 15.6. The van der Waals surface area contributed by atoms with Gasteiger partial charge in [-0.15, -0.1) is 11.3 Å². The van der Waals surface area contributed by atoms with Gasteiger partial charge in [0.25, 0.3) is 0 Å². The second kappa shape index (κ2) is 5.92. The minimum absolute atomic E-state index is 0.114. The molecule has 2 rings (SSSR count). The van der Waals surface area contributed by atoms with Crippen LogP contribution in [0.15, 0.2) is 28.6 Å². The molecule has 1 aromatic carbocycles. The van der Waals surface area contributed by atoms with E-state index in [9.17, 15) is 4.21 Å². The Hall–Kier alpha value is -0.780. The Balaban J connectivity index is 2.41. The van der Waals surface area contributed by atoms with Crippen LogP contribution in [0.25, 0.3) is 10.2 Å². The van der Waals surface area contributed by atoms with Gasteiger partial charge >= 0.3 is 0 Å². The van der Waals surface area contributed by atoms with Crippen molar-refractivity contribution < 1.29 is 4.21 Å². The SMILES string of the molecule is CCC(C)(C)N(C(C)C)S(=O)c1nc2ccccc2s1. The van der Waals surface area contributed by atoms with Gasteiger partial charge in [0.05, 0.1) is 10.2 Å². The molecule has 0 fully saturated rings. The number of para-hydroxylation sites is 1. The fourth-order valence-corrected chi connectivity index (χ4v) is 5.08. The van der Waals surface area contributed by atoms with Crippen LogP contribution in [0.3, 0.4) is 0 Å². The van der Waals surface area contributed by atoms with E-state index in [1.165, 1.54) is 11.3 Å². The normalized spacial score (nSPS) is 14.3. The van der Waals surface area contributed by atoms with Gasteiger partial charge in [-0.3, -0.25) is 0 Å². The van der Waals surface area contributed by atoms with Crippen molar-refractivity contribution in [1.82, 2.24) is 9.29 Å². The lowest BCUT2D eigenvalue weighted by atomic mass is 10.0. The topological polar surface area (TPSA) is 33.2 Å². The van der Waals surface area contributed by atoms with Crippen LogP contribution in [0.2, 0.25) is 0 Å². The summed E-state index contributed by atoms with van der Waals surface area (Å²) in [6.45, 7) is 10.6. The lowest BCUT2D eigenvalue weighted by Gasteiger charge is -2.38. The molecule has 0 saturated heterocycles. The van der Waals surface area contributed by atoms with Crippen molar-refractivity contribution >= 4 is 32.5 Å². The smallest absolute Gasteiger partial charge is 0.197 e. The number of nitrogens with zero attached hydrogens (tertiary/aromatic N) is 2. The van der Waals surface area contributed by atoms with Crippen LogP contribution in [0.5, 0.6) is 0 Å². The average Bonchev–Trinajstić information content (AvgIpc) is 2.81. The average molecular weight is 310 g/mol. The highest BCUT2D eigenvalue weighted by atomic mass is 32.2. The van der Waals surface area contributed by atoms with Crippen molar-refractivity contribution in [3.8, 4) is 0 Å². The largest absolute Gasteiger partial charge is 0.235 e. The van der Waals surface area contributed by atoms with Crippen LogP contribution in [0.1, 0.15) is 41.0 Å². The summed E-state index contributed by atoms with van der Waals surface area (Å²) < 4.78 is 16.8. The van der Waals surface area contributed by atoms with Gasteiger partial charge in [-0.05, 0) is 46.2 Å². The van der Waals surface area contributed by atoms with E-state index < -0.39 is 11.0 Å². The van der Waals surface area contributed by atoms with Gasteiger partial charge in [0.1, 0.15) is 0 Å². The maximum absolute atomic E-state index is 12.9. The van der Waals surface area contributed by atoms with E-state index in [4.69, 9.17) is 0 Å². The predicted octanol–water partition coefficient (Wildman–Crippen LogP) is 4.22. The van der Waals surface area contributed by atoms with Gasteiger partial charge < -0.3 is 0 Å². The van der Waals surface area contributed by atoms with Crippen LogP contribution in [0.4, 0.5) is 0 Å². The minimum atomic E-state index is -1.21. The van der Waals surface area contributed by atoms with Gasteiger partial charge in [-0.25, -0.2) is 13.5 Å². The molecular formula is C15H22N2OS2. The number of rotatable bonds is 5. The summed E-state index contributed by atoms with van der Waals surface area (Å²) in [5.41, 5.74) is 0.815. The molecule has 110 valence electrons. The molecule has 5 heteroatoms. The summed E-state index contributed by atoms with van der Waals surface area (Å²) in [5.74, 6) is 0. The maximum Gasteiger partial charge on any atom is 0.197 e. The van der Waals surface area contributed by atoms with Gasteiger partial charge in [-0.2, -0.15) is 0 Å². The standard InChI is InChI=1S/C15H22N2OS2/c1-6-15(4,5)17(11(2)3)20(18)14-16-12-9-7-8-10-13(12)19-14/h7-11H,6H2,1-5H3. The molecule has 0 amide bonds. The Kier molecular flexibility index (Phi) is 4.62. The Morgan fingerprint density at radius 3 is 2.55 bits per heavy atom. The summed E-state index contributed by atoms with van der Waals surface area (Å²) in [6, 6.07) is 8.15. The first-order chi connectivity index (χ1) is 9.36. The first-order valence-electron chi connectivity index (χ1n) is 6.93. The van der Waals surface area contributed by atoms with Crippen LogP contribution < -0.4 is 0 Å². The molecule has 1 heterocycles. The third-order valence-corrected chi connectivity index (χ3v) is 6.71. The minimum Gasteiger partial charge on any atom is -0.235 e. The van der Waals surface area contributed by atoms with Crippen molar-refractivity contribution in [1.29, 1.82) is 0 Å². The predicted molar refractivity (Wildman–Crippen MR) is 87.4 cm³/mol. The molecule has 3 nitrogen and oxygen atoms in total. The van der Waals surface area contributed by atoms with Crippen molar-refractivity contribution in [2.24, 2.45) is 0 Å². The van der Waals surface area contributed by atoms with Gasteiger partial charge in [0.2, 0.25) is 0 Å². The molecule has 2 aromatic rings. The number of benzene rings is 1. The number of aromatic nitrogens is 1. The number of fused-ring (bicyclic) bond motifs is 1. The van der Waals surface area contributed by atoms with E-state index in [0.717, 1.165) is 16.6 Å². The van der Waals surface area contributed by atoms with Crippen molar-refractivity contribution in [3.05, 3.63) is 24.3 Å². The highest BCUT2D eigenvalue weighted by molar-refractivity contribution is 7.85. The summed E-state index contributed by atoms with van der Waals surface area (Å²) in [6.07, 6.45) is 0.946. The summed E-state index contributed by atoms with van der Waals surface area (Å²) in [7, 11) is -1.21. The third kappa shape index (κ3) is 2.95. The molecule has 0 aliphatic carbocycles. The lowest BCUT2D eigenvalue weighted by Crippen LogP contribution is -2.48. The zero-order chi connectivity index (χ0) is 14.9. The van der Waals surface area contributed by atoms with Crippen molar-refractivity contribution in [2.45, 2.75) is 57.0 Å². The molecule has 0 N–H and O–H groups in total. The number of thiazole rings is 1. The first-order valence-corrected chi connectivity index (χ1v) is 8.86. The number of hydrogen-bond acceptors (Lipinski definition) is 3. The molecule has 0 saturated carbocycles. The fourth-order valence-electron chi connectivity index (χ4n) is 2.28. The fraction of sp³-hybridized carbons (Fsp3) is 0.533. The van der Waals surface area contributed by atoms with Crippen LogP contribution in [0, 0.1) is 0 Å². The lowest BCUT2D eigenvalue weighted by molar-refractivity contribution is 0.194. The molecule has 1 atom stereocenters. The highest BCUT2D eigenvalue weighted by Crippen LogP contribution is 2.31. The summed E-state index contributed by atoms with van der Waals surface area (Å²) in [4.78, 5) is 4.54. The van der Waals surface area contributed by atoms with Crippen LogP contribution in [-0.2, 0) is 11.0 Å².